The number of esters is 1. The Bertz CT molecular complexity index is 728. The molecule has 1 aromatic carbocycles. The standard InChI is InChI=1S/C20H26N2O3/c1-14(2)7-6-8-15(3)21-19(23)13-25-20(24)18-12-11-16-9-4-5-10-17(16)22-18/h4-5,9-12,14-15H,6-8,13H2,1-3H3,(H,21,23)/t15-/m0/s1. The summed E-state index contributed by atoms with van der Waals surface area (Å²) in [5.74, 6) is -0.210. The van der Waals surface area contributed by atoms with Crippen molar-refractivity contribution in [2.75, 3.05) is 6.61 Å². The van der Waals surface area contributed by atoms with Gasteiger partial charge in [0.15, 0.2) is 6.61 Å². The number of benzene rings is 1. The highest BCUT2D eigenvalue weighted by molar-refractivity contribution is 5.92. The smallest absolute Gasteiger partial charge is 0.357 e. The van der Waals surface area contributed by atoms with Gasteiger partial charge in [-0.05, 0) is 31.4 Å². The first-order valence-electron chi connectivity index (χ1n) is 8.78. The van der Waals surface area contributed by atoms with Gasteiger partial charge in [-0.25, -0.2) is 9.78 Å². The van der Waals surface area contributed by atoms with E-state index in [4.69, 9.17) is 4.74 Å². The van der Waals surface area contributed by atoms with Crippen LogP contribution in [0.5, 0.6) is 0 Å². The number of para-hydroxylation sites is 1. The summed E-state index contributed by atoms with van der Waals surface area (Å²) in [4.78, 5) is 28.2. The molecular formula is C20H26N2O3. The normalized spacial score (nSPS) is 12.2. The van der Waals surface area contributed by atoms with Gasteiger partial charge >= 0.3 is 5.97 Å². The molecule has 0 aliphatic rings. The lowest BCUT2D eigenvalue weighted by Gasteiger charge is -2.14. The molecule has 134 valence electrons. The Labute approximate surface area is 148 Å². The summed E-state index contributed by atoms with van der Waals surface area (Å²) in [5.41, 5.74) is 0.927. The van der Waals surface area contributed by atoms with Gasteiger partial charge in [-0.3, -0.25) is 4.79 Å². The summed E-state index contributed by atoms with van der Waals surface area (Å²) in [6, 6.07) is 11.0. The molecule has 2 aromatic rings. The molecule has 1 atom stereocenters. The predicted octanol–water partition coefficient (Wildman–Crippen LogP) is 3.72. The Hall–Kier alpha value is -2.43. The Morgan fingerprint density at radius 2 is 1.84 bits per heavy atom. The quantitative estimate of drug-likeness (QED) is 0.742. The number of pyridine rings is 1. The molecule has 5 heteroatoms. The van der Waals surface area contributed by atoms with Gasteiger partial charge in [0, 0.05) is 11.4 Å². The molecule has 0 aliphatic carbocycles. The van der Waals surface area contributed by atoms with Gasteiger partial charge in [-0.1, -0.05) is 51.0 Å². The van der Waals surface area contributed by atoms with E-state index in [-0.39, 0.29) is 24.2 Å². The van der Waals surface area contributed by atoms with Crippen LogP contribution in [0.4, 0.5) is 0 Å². The van der Waals surface area contributed by atoms with E-state index in [0.29, 0.717) is 5.92 Å². The lowest BCUT2D eigenvalue weighted by molar-refractivity contribution is -0.124. The number of fused-ring (bicyclic) bond motifs is 1. The maximum absolute atomic E-state index is 12.1. The lowest BCUT2D eigenvalue weighted by Crippen LogP contribution is -2.35. The van der Waals surface area contributed by atoms with E-state index < -0.39 is 5.97 Å². The largest absolute Gasteiger partial charge is 0.451 e. The summed E-state index contributed by atoms with van der Waals surface area (Å²) in [6.07, 6.45) is 3.13. The summed E-state index contributed by atoms with van der Waals surface area (Å²) >= 11 is 0. The summed E-state index contributed by atoms with van der Waals surface area (Å²) in [7, 11) is 0. The minimum atomic E-state index is -0.589. The third-order valence-corrected chi connectivity index (χ3v) is 3.97. The van der Waals surface area contributed by atoms with Gasteiger partial charge < -0.3 is 10.1 Å². The summed E-state index contributed by atoms with van der Waals surface area (Å²) in [6.45, 7) is 6.04. The molecule has 0 unspecified atom stereocenters. The first-order valence-corrected chi connectivity index (χ1v) is 8.78. The SMILES string of the molecule is CC(C)CCC[C@H](C)NC(=O)COC(=O)c1ccc2ccccc2n1. The van der Waals surface area contributed by atoms with Crippen LogP contribution >= 0.6 is 0 Å². The fraction of sp³-hybridized carbons (Fsp3) is 0.450. The van der Waals surface area contributed by atoms with Crippen molar-refractivity contribution < 1.29 is 14.3 Å². The van der Waals surface area contributed by atoms with E-state index in [1.54, 1.807) is 6.07 Å². The van der Waals surface area contributed by atoms with Crippen LogP contribution in [0.2, 0.25) is 0 Å². The molecule has 0 bridgehead atoms. The third kappa shape index (κ3) is 6.18. The van der Waals surface area contributed by atoms with E-state index in [9.17, 15) is 9.59 Å². The van der Waals surface area contributed by atoms with Crippen LogP contribution in [-0.2, 0) is 9.53 Å². The van der Waals surface area contributed by atoms with E-state index in [1.807, 2.05) is 37.3 Å². The fourth-order valence-electron chi connectivity index (χ4n) is 2.61. The third-order valence-electron chi connectivity index (χ3n) is 3.97. The molecule has 2 rings (SSSR count). The first-order chi connectivity index (χ1) is 12.0. The van der Waals surface area contributed by atoms with E-state index in [0.717, 1.165) is 30.2 Å². The topological polar surface area (TPSA) is 68.3 Å². The molecule has 1 amide bonds. The van der Waals surface area contributed by atoms with Crippen molar-refractivity contribution in [3.63, 3.8) is 0 Å². The van der Waals surface area contributed by atoms with Crippen molar-refractivity contribution in [1.82, 2.24) is 10.3 Å². The van der Waals surface area contributed by atoms with Gasteiger partial charge in [0.05, 0.1) is 5.52 Å². The highest BCUT2D eigenvalue weighted by Crippen LogP contribution is 2.12. The van der Waals surface area contributed by atoms with Crippen LogP contribution in [0.25, 0.3) is 10.9 Å². The average molecular weight is 342 g/mol. The Morgan fingerprint density at radius 1 is 1.08 bits per heavy atom. The highest BCUT2D eigenvalue weighted by Gasteiger charge is 2.13. The molecular weight excluding hydrogens is 316 g/mol. The number of carbonyl (C=O) groups excluding carboxylic acids is 2. The minimum absolute atomic E-state index is 0.0729. The van der Waals surface area contributed by atoms with Crippen LogP contribution in [-0.4, -0.2) is 29.5 Å². The second-order valence-corrected chi connectivity index (χ2v) is 6.76. The van der Waals surface area contributed by atoms with Gasteiger partial charge in [-0.15, -0.1) is 0 Å². The van der Waals surface area contributed by atoms with Gasteiger partial charge in [-0.2, -0.15) is 0 Å². The molecule has 0 saturated carbocycles. The fourth-order valence-corrected chi connectivity index (χ4v) is 2.61. The first kappa shape index (κ1) is 18.9. The molecule has 25 heavy (non-hydrogen) atoms. The van der Waals surface area contributed by atoms with Crippen LogP contribution in [0, 0.1) is 5.92 Å². The molecule has 1 aromatic heterocycles. The van der Waals surface area contributed by atoms with Gasteiger partial charge in [0.1, 0.15) is 5.69 Å². The van der Waals surface area contributed by atoms with E-state index in [2.05, 4.69) is 24.1 Å². The second-order valence-electron chi connectivity index (χ2n) is 6.76. The van der Waals surface area contributed by atoms with Crippen LogP contribution < -0.4 is 5.32 Å². The number of hydrogen-bond donors (Lipinski definition) is 1. The minimum Gasteiger partial charge on any atom is -0.451 e. The maximum Gasteiger partial charge on any atom is 0.357 e. The number of aromatic nitrogens is 1. The van der Waals surface area contributed by atoms with Crippen LogP contribution in [0.3, 0.4) is 0 Å². The van der Waals surface area contributed by atoms with Crippen molar-refractivity contribution in [2.45, 2.75) is 46.1 Å². The summed E-state index contributed by atoms with van der Waals surface area (Å²) in [5, 5.41) is 3.80. The van der Waals surface area contributed by atoms with Crippen LogP contribution in [0.15, 0.2) is 36.4 Å². The molecule has 0 aliphatic heterocycles. The molecule has 1 N–H and O–H groups in total. The molecule has 0 spiro atoms. The molecule has 0 radical (unpaired) electrons. The van der Waals surface area contributed by atoms with Gasteiger partial charge in [0.2, 0.25) is 0 Å². The van der Waals surface area contributed by atoms with Gasteiger partial charge in [0.25, 0.3) is 5.91 Å². The van der Waals surface area contributed by atoms with E-state index >= 15 is 0 Å². The second kappa shape index (κ2) is 9.16. The zero-order valence-electron chi connectivity index (χ0n) is 15.1. The number of amides is 1. The Kier molecular flexibility index (Phi) is 6.92. The lowest BCUT2D eigenvalue weighted by atomic mass is 10.0. The number of ether oxygens (including phenoxy) is 1. The molecule has 1 heterocycles. The number of hydrogen-bond acceptors (Lipinski definition) is 4. The maximum atomic E-state index is 12.1. The number of nitrogens with one attached hydrogen (secondary N) is 1. The van der Waals surface area contributed by atoms with Crippen molar-refractivity contribution in [2.24, 2.45) is 5.92 Å². The number of rotatable bonds is 8. The van der Waals surface area contributed by atoms with Crippen molar-refractivity contribution in [3.05, 3.63) is 42.1 Å². The highest BCUT2D eigenvalue weighted by atomic mass is 16.5. The van der Waals surface area contributed by atoms with Crippen molar-refractivity contribution >= 4 is 22.8 Å². The Balaban J connectivity index is 1.79. The zero-order valence-corrected chi connectivity index (χ0v) is 15.1. The van der Waals surface area contributed by atoms with E-state index in [1.165, 1.54) is 0 Å². The monoisotopic (exact) mass is 342 g/mol. The summed E-state index contributed by atoms with van der Waals surface area (Å²) < 4.78 is 5.07. The van der Waals surface area contributed by atoms with Crippen LogP contribution in [0.1, 0.15) is 50.5 Å². The number of carbonyl (C=O) groups is 2. The molecule has 0 saturated heterocycles. The number of nitrogens with zero attached hydrogens (tertiary/aromatic N) is 1. The van der Waals surface area contributed by atoms with Crippen molar-refractivity contribution in [1.29, 1.82) is 0 Å². The predicted molar refractivity (Wildman–Crippen MR) is 98.3 cm³/mol. The molecule has 5 nitrogen and oxygen atoms in total. The Morgan fingerprint density at radius 3 is 2.60 bits per heavy atom. The average Bonchev–Trinajstić information content (AvgIpc) is 2.58. The van der Waals surface area contributed by atoms with Crippen molar-refractivity contribution in [3.8, 4) is 0 Å². The zero-order chi connectivity index (χ0) is 18.2. The molecule has 0 fully saturated rings.